The number of carbonyl (C=O) groups excluding carboxylic acids is 1. The van der Waals surface area contributed by atoms with Gasteiger partial charge in [0, 0.05) is 24.2 Å². The van der Waals surface area contributed by atoms with Crippen LogP contribution in [0, 0.1) is 0 Å². The molecule has 0 aliphatic carbocycles. The third-order valence-electron chi connectivity index (χ3n) is 2.77. The van der Waals surface area contributed by atoms with Gasteiger partial charge < -0.3 is 15.4 Å². The van der Waals surface area contributed by atoms with E-state index in [0.717, 1.165) is 5.56 Å². The van der Waals surface area contributed by atoms with Gasteiger partial charge in [0.25, 0.3) is 0 Å². The van der Waals surface area contributed by atoms with Crippen LogP contribution in [0.2, 0.25) is 5.02 Å². The number of nitrogens with zero attached hydrogens (tertiary/aromatic N) is 1. The lowest BCUT2D eigenvalue weighted by molar-refractivity contribution is 0.0243. The summed E-state index contributed by atoms with van der Waals surface area (Å²) in [7, 11) is 0. The zero-order valence-electron chi connectivity index (χ0n) is 13.2. The Balaban J connectivity index is 2.70. The molecule has 0 aliphatic rings. The Morgan fingerprint density at radius 3 is 2.52 bits per heavy atom. The maximum Gasteiger partial charge on any atom is 0.410 e. The molecule has 1 aromatic carbocycles. The van der Waals surface area contributed by atoms with Crippen LogP contribution >= 0.6 is 11.6 Å². The van der Waals surface area contributed by atoms with Crippen LogP contribution in [-0.4, -0.2) is 35.7 Å². The van der Waals surface area contributed by atoms with E-state index < -0.39 is 5.60 Å². The number of amides is 1. The second-order valence-electron chi connectivity index (χ2n) is 6.25. The van der Waals surface area contributed by atoms with Crippen molar-refractivity contribution in [2.45, 2.75) is 45.8 Å². The van der Waals surface area contributed by atoms with Gasteiger partial charge in [-0.05, 0) is 45.7 Å². The van der Waals surface area contributed by atoms with Crippen LogP contribution in [0.15, 0.2) is 24.3 Å². The van der Waals surface area contributed by atoms with Gasteiger partial charge >= 0.3 is 6.09 Å². The molecule has 1 amide bonds. The Labute approximate surface area is 132 Å². The minimum atomic E-state index is -0.516. The fourth-order valence-corrected chi connectivity index (χ4v) is 2.12. The summed E-state index contributed by atoms with van der Waals surface area (Å²) < 4.78 is 5.42. The number of benzene rings is 1. The molecule has 21 heavy (non-hydrogen) atoms. The topological polar surface area (TPSA) is 55.6 Å². The van der Waals surface area contributed by atoms with Gasteiger partial charge in [-0.3, -0.25) is 0 Å². The first-order valence-electron chi connectivity index (χ1n) is 7.16. The van der Waals surface area contributed by atoms with E-state index in [0.29, 0.717) is 24.5 Å². The second-order valence-corrected chi connectivity index (χ2v) is 6.65. The maximum absolute atomic E-state index is 12.2. The molecule has 1 rings (SSSR count). The van der Waals surface area contributed by atoms with E-state index in [-0.39, 0.29) is 12.1 Å². The maximum atomic E-state index is 12.2. The number of halogens is 1. The molecule has 1 atom stereocenters. The average Bonchev–Trinajstić information content (AvgIpc) is 2.33. The van der Waals surface area contributed by atoms with E-state index >= 15 is 0 Å². The number of rotatable bonds is 5. The lowest BCUT2D eigenvalue weighted by atomic mass is 10.1. The molecule has 0 saturated heterocycles. The Morgan fingerprint density at radius 2 is 2.00 bits per heavy atom. The smallest absolute Gasteiger partial charge is 0.410 e. The van der Waals surface area contributed by atoms with Crippen molar-refractivity contribution in [3.8, 4) is 0 Å². The Kier molecular flexibility index (Phi) is 6.49. The SMILES string of the molecule is C[C@@H](N)CN(CCc1ccccc1Cl)C(=O)OC(C)(C)C. The van der Waals surface area contributed by atoms with Crippen molar-refractivity contribution in [2.75, 3.05) is 13.1 Å². The lowest BCUT2D eigenvalue weighted by Crippen LogP contribution is -2.43. The first-order chi connectivity index (χ1) is 9.69. The van der Waals surface area contributed by atoms with E-state index in [4.69, 9.17) is 22.1 Å². The van der Waals surface area contributed by atoms with Gasteiger partial charge in [-0.1, -0.05) is 29.8 Å². The summed E-state index contributed by atoms with van der Waals surface area (Å²) in [5.41, 5.74) is 6.31. The molecule has 5 heteroatoms. The average molecular weight is 313 g/mol. The highest BCUT2D eigenvalue weighted by Gasteiger charge is 2.22. The van der Waals surface area contributed by atoms with Crippen molar-refractivity contribution in [2.24, 2.45) is 5.73 Å². The van der Waals surface area contributed by atoms with Gasteiger partial charge in [0.2, 0.25) is 0 Å². The molecule has 0 saturated carbocycles. The van der Waals surface area contributed by atoms with Gasteiger partial charge in [0.05, 0.1) is 0 Å². The molecule has 0 spiro atoms. The van der Waals surface area contributed by atoms with Crippen molar-refractivity contribution in [3.05, 3.63) is 34.9 Å². The third-order valence-corrected chi connectivity index (χ3v) is 3.14. The molecular formula is C16H25ClN2O2. The highest BCUT2D eigenvalue weighted by atomic mass is 35.5. The fourth-order valence-electron chi connectivity index (χ4n) is 1.89. The molecule has 0 fully saturated rings. The van der Waals surface area contributed by atoms with Crippen LogP contribution in [0.25, 0.3) is 0 Å². The zero-order valence-corrected chi connectivity index (χ0v) is 14.0. The predicted octanol–water partition coefficient (Wildman–Crippen LogP) is 3.47. The molecular weight excluding hydrogens is 288 g/mol. The molecule has 0 radical (unpaired) electrons. The Bertz CT molecular complexity index is 470. The van der Waals surface area contributed by atoms with Gasteiger partial charge in [-0.25, -0.2) is 4.79 Å². The third kappa shape index (κ3) is 6.82. The number of carbonyl (C=O) groups is 1. The molecule has 0 unspecified atom stereocenters. The largest absolute Gasteiger partial charge is 0.444 e. The standard InChI is InChI=1S/C16H25ClN2O2/c1-12(18)11-19(15(20)21-16(2,3)4)10-9-13-7-5-6-8-14(13)17/h5-8,12H,9-11,18H2,1-4H3/t12-/m1/s1. The van der Waals surface area contributed by atoms with Crippen molar-refractivity contribution < 1.29 is 9.53 Å². The molecule has 0 aliphatic heterocycles. The number of ether oxygens (including phenoxy) is 1. The minimum absolute atomic E-state index is 0.108. The Morgan fingerprint density at radius 1 is 1.38 bits per heavy atom. The van der Waals surface area contributed by atoms with E-state index in [9.17, 15) is 4.79 Å². The molecule has 1 aromatic rings. The van der Waals surface area contributed by atoms with Gasteiger partial charge in [-0.2, -0.15) is 0 Å². The van der Waals surface area contributed by atoms with Gasteiger partial charge in [0.15, 0.2) is 0 Å². The first kappa shape index (κ1) is 17.8. The molecule has 4 nitrogen and oxygen atoms in total. The van der Waals surface area contributed by atoms with E-state index in [1.807, 2.05) is 52.0 Å². The van der Waals surface area contributed by atoms with Crippen LogP contribution in [0.4, 0.5) is 4.79 Å². The molecule has 118 valence electrons. The number of hydrogen-bond acceptors (Lipinski definition) is 3. The summed E-state index contributed by atoms with van der Waals surface area (Å²) in [5, 5.41) is 0.711. The van der Waals surface area contributed by atoms with Gasteiger partial charge in [0.1, 0.15) is 5.60 Å². The quantitative estimate of drug-likeness (QED) is 0.905. The molecule has 0 heterocycles. The van der Waals surface area contributed by atoms with Crippen molar-refractivity contribution >= 4 is 17.7 Å². The van der Waals surface area contributed by atoms with Crippen LogP contribution in [0.1, 0.15) is 33.3 Å². The molecule has 0 bridgehead atoms. The normalized spacial score (nSPS) is 12.9. The summed E-state index contributed by atoms with van der Waals surface area (Å²) in [6.07, 6.45) is 0.331. The monoisotopic (exact) mass is 312 g/mol. The summed E-state index contributed by atoms with van der Waals surface area (Å²) in [4.78, 5) is 13.9. The fraction of sp³-hybridized carbons (Fsp3) is 0.562. The lowest BCUT2D eigenvalue weighted by Gasteiger charge is -2.28. The summed E-state index contributed by atoms with van der Waals surface area (Å²) in [6.45, 7) is 8.40. The number of hydrogen-bond donors (Lipinski definition) is 1. The second kappa shape index (κ2) is 7.66. The predicted molar refractivity (Wildman–Crippen MR) is 86.6 cm³/mol. The van der Waals surface area contributed by atoms with Crippen LogP contribution in [-0.2, 0) is 11.2 Å². The van der Waals surface area contributed by atoms with Crippen LogP contribution in [0.3, 0.4) is 0 Å². The van der Waals surface area contributed by atoms with Crippen molar-refractivity contribution in [1.29, 1.82) is 0 Å². The van der Waals surface area contributed by atoms with Crippen LogP contribution < -0.4 is 5.73 Å². The zero-order chi connectivity index (χ0) is 16.0. The summed E-state index contributed by atoms with van der Waals surface area (Å²) in [5.74, 6) is 0. The minimum Gasteiger partial charge on any atom is -0.444 e. The van der Waals surface area contributed by atoms with E-state index in [1.165, 1.54) is 0 Å². The summed E-state index contributed by atoms with van der Waals surface area (Å²) >= 11 is 6.14. The summed E-state index contributed by atoms with van der Waals surface area (Å²) in [6, 6.07) is 7.52. The highest BCUT2D eigenvalue weighted by molar-refractivity contribution is 6.31. The highest BCUT2D eigenvalue weighted by Crippen LogP contribution is 2.17. The first-order valence-corrected chi connectivity index (χ1v) is 7.54. The van der Waals surface area contributed by atoms with Crippen molar-refractivity contribution in [3.63, 3.8) is 0 Å². The van der Waals surface area contributed by atoms with E-state index in [1.54, 1.807) is 4.90 Å². The van der Waals surface area contributed by atoms with Crippen LogP contribution in [0.5, 0.6) is 0 Å². The Hall–Kier alpha value is -1.26. The molecule has 0 aromatic heterocycles. The molecule has 2 N–H and O–H groups in total. The van der Waals surface area contributed by atoms with E-state index in [2.05, 4.69) is 0 Å². The number of nitrogens with two attached hydrogens (primary N) is 1. The van der Waals surface area contributed by atoms with Gasteiger partial charge in [-0.15, -0.1) is 0 Å². The van der Waals surface area contributed by atoms with Crippen molar-refractivity contribution in [1.82, 2.24) is 4.90 Å².